The first kappa shape index (κ1) is 19.2. The molecule has 126 valence electrons. The summed E-state index contributed by atoms with van der Waals surface area (Å²) in [4.78, 5) is 12.0. The number of amides is 1. The van der Waals surface area contributed by atoms with Crippen LogP contribution in [-0.4, -0.2) is 47.7 Å². The molecule has 0 saturated carbocycles. The lowest BCUT2D eigenvalue weighted by molar-refractivity contribution is -0.120. The number of carbonyl (C=O) groups excluding carboxylic acids is 1. The van der Waals surface area contributed by atoms with E-state index in [9.17, 15) is 4.79 Å². The second-order valence-electron chi connectivity index (χ2n) is 5.25. The van der Waals surface area contributed by atoms with Crippen molar-refractivity contribution in [2.75, 3.05) is 31.6 Å². The molecule has 0 aliphatic heterocycles. The van der Waals surface area contributed by atoms with Gasteiger partial charge in [0.25, 0.3) is 0 Å². The Labute approximate surface area is 140 Å². The number of nitrogens with zero attached hydrogens (tertiary/aromatic N) is 2. The van der Waals surface area contributed by atoms with E-state index in [0.717, 1.165) is 22.4 Å². The minimum Gasteiger partial charge on any atom is -0.382 e. The van der Waals surface area contributed by atoms with E-state index < -0.39 is 0 Å². The molecule has 1 aromatic rings. The van der Waals surface area contributed by atoms with Gasteiger partial charge in [-0.2, -0.15) is 0 Å². The van der Waals surface area contributed by atoms with Gasteiger partial charge in [-0.25, -0.2) is 0 Å². The van der Waals surface area contributed by atoms with Gasteiger partial charge in [0.05, 0.1) is 5.25 Å². The Morgan fingerprint density at radius 1 is 1.36 bits per heavy atom. The fraction of sp³-hybridized carbons (Fsp3) is 0.786. The molecule has 1 amide bonds. The highest BCUT2D eigenvalue weighted by atomic mass is 32.2. The van der Waals surface area contributed by atoms with Crippen molar-refractivity contribution in [1.29, 1.82) is 0 Å². The van der Waals surface area contributed by atoms with E-state index in [1.54, 1.807) is 0 Å². The summed E-state index contributed by atoms with van der Waals surface area (Å²) in [6.07, 6.45) is 0.832. The molecular formula is C14H26N4O2S2. The molecule has 0 aliphatic carbocycles. The largest absolute Gasteiger partial charge is 0.382 e. The van der Waals surface area contributed by atoms with E-state index in [-0.39, 0.29) is 11.2 Å². The van der Waals surface area contributed by atoms with Crippen LogP contribution in [0, 0.1) is 5.92 Å². The molecule has 1 heterocycles. The first-order valence-electron chi connectivity index (χ1n) is 7.62. The Morgan fingerprint density at radius 2 is 2.14 bits per heavy atom. The molecule has 1 unspecified atom stereocenters. The zero-order valence-electron chi connectivity index (χ0n) is 13.7. The van der Waals surface area contributed by atoms with Crippen LogP contribution in [0.3, 0.4) is 0 Å². The lowest BCUT2D eigenvalue weighted by Gasteiger charge is -2.10. The van der Waals surface area contributed by atoms with Gasteiger partial charge < -0.3 is 15.4 Å². The van der Waals surface area contributed by atoms with Crippen LogP contribution in [0.4, 0.5) is 5.13 Å². The van der Waals surface area contributed by atoms with Gasteiger partial charge in [-0.05, 0) is 26.2 Å². The first-order chi connectivity index (χ1) is 10.5. The van der Waals surface area contributed by atoms with Gasteiger partial charge in [0.1, 0.15) is 0 Å². The molecule has 22 heavy (non-hydrogen) atoms. The van der Waals surface area contributed by atoms with Crippen LogP contribution in [0.15, 0.2) is 4.34 Å². The Kier molecular flexibility index (Phi) is 9.42. The van der Waals surface area contributed by atoms with Gasteiger partial charge in [0.15, 0.2) is 4.34 Å². The third-order valence-electron chi connectivity index (χ3n) is 2.68. The molecule has 0 fully saturated rings. The lowest BCUT2D eigenvalue weighted by Crippen LogP contribution is -2.32. The van der Waals surface area contributed by atoms with Crippen LogP contribution in [0.5, 0.6) is 0 Å². The first-order valence-corrected chi connectivity index (χ1v) is 9.32. The standard InChI is InChI=1S/C14H26N4O2S2/c1-5-20-8-6-7-15-12(19)11(4)21-14-18-17-13(22-14)16-9-10(2)3/h10-11H,5-9H2,1-4H3,(H,15,19)(H,16,17). The Bertz CT molecular complexity index is 440. The van der Waals surface area contributed by atoms with Gasteiger partial charge in [0, 0.05) is 26.3 Å². The molecule has 0 saturated heterocycles. The third kappa shape index (κ3) is 7.95. The fourth-order valence-corrected chi connectivity index (χ4v) is 3.43. The van der Waals surface area contributed by atoms with Gasteiger partial charge in [-0.1, -0.05) is 36.9 Å². The van der Waals surface area contributed by atoms with Crippen LogP contribution in [0.2, 0.25) is 0 Å². The maximum absolute atomic E-state index is 12.0. The second-order valence-corrected chi connectivity index (χ2v) is 7.81. The molecule has 2 N–H and O–H groups in total. The topological polar surface area (TPSA) is 76.1 Å². The van der Waals surface area contributed by atoms with Gasteiger partial charge in [0.2, 0.25) is 11.0 Å². The number of hydrogen-bond acceptors (Lipinski definition) is 7. The molecular weight excluding hydrogens is 320 g/mol. The summed E-state index contributed by atoms with van der Waals surface area (Å²) in [5, 5.41) is 15.0. The zero-order chi connectivity index (χ0) is 16.4. The van der Waals surface area contributed by atoms with Crippen molar-refractivity contribution in [2.45, 2.75) is 43.7 Å². The minimum absolute atomic E-state index is 0.0217. The highest BCUT2D eigenvalue weighted by Gasteiger charge is 2.16. The maximum Gasteiger partial charge on any atom is 0.233 e. The number of ether oxygens (including phenoxy) is 1. The van der Waals surface area contributed by atoms with Crippen molar-refractivity contribution in [3.63, 3.8) is 0 Å². The van der Waals surface area contributed by atoms with Crippen molar-refractivity contribution < 1.29 is 9.53 Å². The Morgan fingerprint density at radius 3 is 2.82 bits per heavy atom. The number of nitrogens with one attached hydrogen (secondary N) is 2. The van der Waals surface area contributed by atoms with Crippen molar-refractivity contribution in [1.82, 2.24) is 15.5 Å². The van der Waals surface area contributed by atoms with Gasteiger partial charge in [-0.3, -0.25) is 4.79 Å². The summed E-state index contributed by atoms with van der Waals surface area (Å²) < 4.78 is 6.04. The van der Waals surface area contributed by atoms with Crippen LogP contribution in [0.25, 0.3) is 0 Å². The molecule has 0 radical (unpaired) electrons. The second kappa shape index (κ2) is 10.8. The molecule has 1 aromatic heterocycles. The average molecular weight is 347 g/mol. The summed E-state index contributed by atoms with van der Waals surface area (Å²) >= 11 is 2.92. The number of anilines is 1. The van der Waals surface area contributed by atoms with Crippen LogP contribution in [-0.2, 0) is 9.53 Å². The molecule has 6 nitrogen and oxygen atoms in total. The van der Waals surface area contributed by atoms with E-state index in [4.69, 9.17) is 4.74 Å². The predicted molar refractivity (Wildman–Crippen MR) is 92.7 cm³/mol. The van der Waals surface area contributed by atoms with Crippen LogP contribution < -0.4 is 10.6 Å². The van der Waals surface area contributed by atoms with Crippen LogP contribution in [0.1, 0.15) is 34.1 Å². The lowest BCUT2D eigenvalue weighted by atomic mass is 10.2. The van der Waals surface area contributed by atoms with Crippen molar-refractivity contribution >= 4 is 34.1 Å². The molecule has 0 bridgehead atoms. The van der Waals surface area contributed by atoms with E-state index in [1.807, 2.05) is 13.8 Å². The molecule has 0 aliphatic rings. The Balaban J connectivity index is 2.28. The zero-order valence-corrected chi connectivity index (χ0v) is 15.4. The quantitative estimate of drug-likeness (QED) is 0.474. The molecule has 0 spiro atoms. The van der Waals surface area contributed by atoms with Crippen molar-refractivity contribution in [3.8, 4) is 0 Å². The van der Waals surface area contributed by atoms with Crippen molar-refractivity contribution in [3.05, 3.63) is 0 Å². The average Bonchev–Trinajstić information content (AvgIpc) is 2.92. The van der Waals surface area contributed by atoms with Gasteiger partial charge in [-0.15, -0.1) is 10.2 Å². The third-order valence-corrected chi connectivity index (χ3v) is 4.75. The number of rotatable bonds is 11. The van der Waals surface area contributed by atoms with E-state index in [1.165, 1.54) is 23.1 Å². The molecule has 8 heteroatoms. The van der Waals surface area contributed by atoms with E-state index in [2.05, 4.69) is 34.7 Å². The smallest absolute Gasteiger partial charge is 0.233 e. The number of thioether (sulfide) groups is 1. The summed E-state index contributed by atoms with van der Waals surface area (Å²) in [5.74, 6) is 0.579. The highest BCUT2D eigenvalue weighted by molar-refractivity contribution is 8.02. The normalized spacial score (nSPS) is 12.4. The molecule has 0 aromatic carbocycles. The van der Waals surface area contributed by atoms with E-state index in [0.29, 0.717) is 25.7 Å². The SMILES string of the molecule is CCOCCCNC(=O)C(C)Sc1nnc(NCC(C)C)s1. The summed E-state index contributed by atoms with van der Waals surface area (Å²) in [7, 11) is 0. The maximum atomic E-state index is 12.0. The van der Waals surface area contributed by atoms with Gasteiger partial charge >= 0.3 is 0 Å². The minimum atomic E-state index is -0.182. The number of carbonyl (C=O) groups is 1. The molecule has 1 rings (SSSR count). The van der Waals surface area contributed by atoms with Crippen LogP contribution >= 0.6 is 23.1 Å². The summed E-state index contributed by atoms with van der Waals surface area (Å²) in [5.41, 5.74) is 0. The monoisotopic (exact) mass is 346 g/mol. The number of aromatic nitrogens is 2. The predicted octanol–water partition coefficient (Wildman–Crippen LogP) is 2.63. The summed E-state index contributed by atoms with van der Waals surface area (Å²) in [6.45, 7) is 11.0. The number of hydrogen-bond donors (Lipinski definition) is 2. The Hall–Kier alpha value is -0.860. The van der Waals surface area contributed by atoms with Crippen molar-refractivity contribution in [2.24, 2.45) is 5.92 Å². The molecule has 1 atom stereocenters. The van der Waals surface area contributed by atoms with E-state index >= 15 is 0 Å². The highest BCUT2D eigenvalue weighted by Crippen LogP contribution is 2.28. The summed E-state index contributed by atoms with van der Waals surface area (Å²) in [6, 6.07) is 0. The fourth-order valence-electron chi connectivity index (χ4n) is 1.50.